The van der Waals surface area contributed by atoms with Crippen molar-refractivity contribution in [1.29, 1.82) is 0 Å². The molecule has 17 heavy (non-hydrogen) atoms. The fraction of sp³-hybridized carbons (Fsp3) is 0.250. The molecule has 0 saturated carbocycles. The summed E-state index contributed by atoms with van der Waals surface area (Å²) in [4.78, 5) is 32.6. The minimum absolute atomic E-state index is 0.358. The largest absolute Gasteiger partial charge is 0.481 e. The third-order valence-electron chi connectivity index (χ3n) is 2.03. The number of aryl methyl sites for hydroxylation is 1. The van der Waals surface area contributed by atoms with Crippen molar-refractivity contribution in [2.75, 3.05) is 6.61 Å². The number of hydrogen-bond donors (Lipinski definition) is 1. The van der Waals surface area contributed by atoms with Crippen LogP contribution in [0.5, 0.6) is 0 Å². The van der Waals surface area contributed by atoms with Gasteiger partial charge in [0.2, 0.25) is 0 Å². The van der Waals surface area contributed by atoms with Crippen LogP contribution in [-0.2, 0) is 14.3 Å². The lowest BCUT2D eigenvalue weighted by atomic mass is 10.1. The molecule has 1 rings (SSSR count). The molecule has 0 atom stereocenters. The molecular formula is C12H12O5. The Morgan fingerprint density at radius 1 is 1.18 bits per heavy atom. The highest BCUT2D eigenvalue weighted by Crippen LogP contribution is 2.04. The summed E-state index contributed by atoms with van der Waals surface area (Å²) < 4.78 is 4.53. The lowest BCUT2D eigenvalue weighted by Crippen LogP contribution is -2.16. The predicted molar refractivity (Wildman–Crippen MR) is 58.7 cm³/mol. The van der Waals surface area contributed by atoms with E-state index in [0.717, 1.165) is 5.56 Å². The van der Waals surface area contributed by atoms with Crippen LogP contribution in [0.3, 0.4) is 0 Å². The van der Waals surface area contributed by atoms with E-state index in [-0.39, 0.29) is 5.78 Å². The van der Waals surface area contributed by atoms with Gasteiger partial charge in [-0.15, -0.1) is 0 Å². The molecule has 0 radical (unpaired) electrons. The SMILES string of the molecule is Cc1ccc(C(=O)COC(=O)CC(=O)O)cc1. The highest BCUT2D eigenvalue weighted by atomic mass is 16.5. The van der Waals surface area contributed by atoms with Crippen LogP contribution in [0.4, 0.5) is 0 Å². The van der Waals surface area contributed by atoms with Crippen molar-refractivity contribution >= 4 is 17.7 Å². The van der Waals surface area contributed by atoms with Crippen LogP contribution < -0.4 is 0 Å². The van der Waals surface area contributed by atoms with Gasteiger partial charge >= 0.3 is 11.9 Å². The number of rotatable bonds is 5. The van der Waals surface area contributed by atoms with E-state index in [1.165, 1.54) is 0 Å². The predicted octanol–water partition coefficient (Wildman–Crippen LogP) is 1.20. The van der Waals surface area contributed by atoms with E-state index in [1.807, 2.05) is 6.92 Å². The summed E-state index contributed by atoms with van der Waals surface area (Å²) >= 11 is 0. The fourth-order valence-electron chi connectivity index (χ4n) is 1.14. The monoisotopic (exact) mass is 236 g/mol. The summed E-state index contributed by atoms with van der Waals surface area (Å²) in [6.07, 6.45) is -0.735. The summed E-state index contributed by atoms with van der Waals surface area (Å²) in [6, 6.07) is 6.80. The molecule has 0 aliphatic carbocycles. The number of carbonyl (C=O) groups excluding carboxylic acids is 2. The number of carbonyl (C=O) groups is 3. The van der Waals surface area contributed by atoms with E-state index in [1.54, 1.807) is 24.3 Å². The molecule has 0 bridgehead atoms. The maximum atomic E-state index is 11.5. The van der Waals surface area contributed by atoms with E-state index < -0.39 is 25.0 Å². The topological polar surface area (TPSA) is 80.7 Å². The van der Waals surface area contributed by atoms with Crippen LogP contribution in [0.1, 0.15) is 22.3 Å². The Balaban J connectivity index is 2.47. The standard InChI is InChI=1S/C12H12O5/c1-8-2-4-9(5-3-8)10(13)7-17-12(16)6-11(14)15/h2-5H,6-7H2,1H3,(H,14,15). The highest BCUT2D eigenvalue weighted by molar-refractivity contribution is 5.98. The molecule has 5 nitrogen and oxygen atoms in total. The molecule has 0 aliphatic rings. The van der Waals surface area contributed by atoms with Crippen molar-refractivity contribution in [3.8, 4) is 0 Å². The third-order valence-corrected chi connectivity index (χ3v) is 2.03. The zero-order valence-corrected chi connectivity index (χ0v) is 9.30. The molecule has 1 N–H and O–H groups in total. The Hall–Kier alpha value is -2.17. The number of Topliss-reactive ketones (excluding diaryl/α,β-unsaturated/α-hetero) is 1. The van der Waals surface area contributed by atoms with Crippen molar-refractivity contribution in [3.63, 3.8) is 0 Å². The van der Waals surface area contributed by atoms with Gasteiger partial charge in [0.15, 0.2) is 12.4 Å². The van der Waals surface area contributed by atoms with E-state index in [2.05, 4.69) is 4.74 Å². The van der Waals surface area contributed by atoms with Gasteiger partial charge in [-0.25, -0.2) is 0 Å². The number of carboxylic acid groups (broad SMARTS) is 1. The Morgan fingerprint density at radius 3 is 2.29 bits per heavy atom. The first-order valence-electron chi connectivity index (χ1n) is 4.96. The van der Waals surface area contributed by atoms with Crippen molar-refractivity contribution < 1.29 is 24.2 Å². The van der Waals surface area contributed by atoms with E-state index in [4.69, 9.17) is 5.11 Å². The summed E-state index contributed by atoms with van der Waals surface area (Å²) in [5, 5.41) is 8.31. The van der Waals surface area contributed by atoms with Crippen LogP contribution in [0.15, 0.2) is 24.3 Å². The quantitative estimate of drug-likeness (QED) is 0.472. The van der Waals surface area contributed by atoms with Gasteiger partial charge in [-0.3, -0.25) is 14.4 Å². The second-order valence-corrected chi connectivity index (χ2v) is 3.52. The molecule has 0 aliphatic heterocycles. The Morgan fingerprint density at radius 2 is 1.76 bits per heavy atom. The van der Waals surface area contributed by atoms with Gasteiger partial charge in [-0.2, -0.15) is 0 Å². The second kappa shape index (κ2) is 5.79. The summed E-state index contributed by atoms with van der Waals surface area (Å²) in [6.45, 7) is 1.45. The van der Waals surface area contributed by atoms with Crippen molar-refractivity contribution in [2.45, 2.75) is 13.3 Å². The van der Waals surface area contributed by atoms with Gasteiger partial charge in [0.05, 0.1) is 0 Å². The average molecular weight is 236 g/mol. The number of carboxylic acids is 1. The molecule has 0 aromatic heterocycles. The highest BCUT2D eigenvalue weighted by Gasteiger charge is 2.12. The summed E-state index contributed by atoms with van der Waals surface area (Å²) in [5.74, 6) is -2.56. The lowest BCUT2D eigenvalue weighted by Gasteiger charge is -2.03. The first-order valence-corrected chi connectivity index (χ1v) is 4.96. The van der Waals surface area contributed by atoms with Crippen molar-refractivity contribution in [1.82, 2.24) is 0 Å². The average Bonchev–Trinajstić information content (AvgIpc) is 2.26. The number of ketones is 1. The molecule has 90 valence electrons. The van der Waals surface area contributed by atoms with E-state index in [0.29, 0.717) is 5.56 Å². The molecule has 0 unspecified atom stereocenters. The zero-order chi connectivity index (χ0) is 12.8. The molecule has 5 heteroatoms. The maximum absolute atomic E-state index is 11.5. The van der Waals surface area contributed by atoms with E-state index >= 15 is 0 Å². The molecule has 0 heterocycles. The first kappa shape index (κ1) is 12.9. The van der Waals surface area contributed by atoms with Crippen LogP contribution >= 0.6 is 0 Å². The number of esters is 1. The number of benzene rings is 1. The van der Waals surface area contributed by atoms with Crippen LogP contribution in [-0.4, -0.2) is 29.4 Å². The van der Waals surface area contributed by atoms with Gasteiger partial charge in [0.25, 0.3) is 0 Å². The van der Waals surface area contributed by atoms with E-state index in [9.17, 15) is 14.4 Å². The Bertz CT molecular complexity index is 433. The molecule has 0 fully saturated rings. The van der Waals surface area contributed by atoms with Crippen LogP contribution in [0.2, 0.25) is 0 Å². The molecule has 0 spiro atoms. The summed E-state index contributed by atoms with van der Waals surface area (Å²) in [7, 11) is 0. The first-order chi connectivity index (χ1) is 7.99. The van der Waals surface area contributed by atoms with Crippen LogP contribution in [0, 0.1) is 6.92 Å². The van der Waals surface area contributed by atoms with Gasteiger partial charge in [-0.1, -0.05) is 29.8 Å². The van der Waals surface area contributed by atoms with Crippen LogP contribution in [0.25, 0.3) is 0 Å². The van der Waals surface area contributed by atoms with Gasteiger partial charge < -0.3 is 9.84 Å². The third kappa shape index (κ3) is 4.46. The minimum atomic E-state index is -1.28. The normalized spacial score (nSPS) is 9.71. The van der Waals surface area contributed by atoms with Gasteiger partial charge in [0, 0.05) is 5.56 Å². The van der Waals surface area contributed by atoms with Crippen molar-refractivity contribution in [2.24, 2.45) is 0 Å². The number of aliphatic carboxylic acids is 1. The molecule has 0 amide bonds. The van der Waals surface area contributed by atoms with Crippen molar-refractivity contribution in [3.05, 3.63) is 35.4 Å². The Labute approximate surface area is 98.0 Å². The number of hydrogen-bond acceptors (Lipinski definition) is 4. The summed E-state index contributed by atoms with van der Waals surface area (Å²) in [5.41, 5.74) is 1.45. The maximum Gasteiger partial charge on any atom is 0.317 e. The minimum Gasteiger partial charge on any atom is -0.481 e. The molecule has 1 aromatic rings. The lowest BCUT2D eigenvalue weighted by molar-refractivity contribution is -0.150. The molecule has 0 saturated heterocycles. The Kier molecular flexibility index (Phi) is 4.39. The van der Waals surface area contributed by atoms with Gasteiger partial charge in [-0.05, 0) is 6.92 Å². The molecular weight excluding hydrogens is 224 g/mol. The molecule has 1 aromatic carbocycles. The second-order valence-electron chi connectivity index (χ2n) is 3.52. The smallest absolute Gasteiger partial charge is 0.317 e. The fourth-order valence-corrected chi connectivity index (χ4v) is 1.14. The zero-order valence-electron chi connectivity index (χ0n) is 9.30. The number of ether oxygens (including phenoxy) is 1. The van der Waals surface area contributed by atoms with Gasteiger partial charge in [0.1, 0.15) is 6.42 Å².